The van der Waals surface area contributed by atoms with Crippen molar-refractivity contribution in [3.8, 4) is 11.3 Å². The molecule has 0 aliphatic heterocycles. The number of nitrogens with zero attached hydrogens (tertiary/aromatic N) is 2. The first-order valence-electron chi connectivity index (χ1n) is 7.93. The van der Waals surface area contributed by atoms with E-state index in [1.165, 1.54) is 5.56 Å². The fraction of sp³-hybridized carbons (Fsp3) is 0.211. The van der Waals surface area contributed by atoms with Gasteiger partial charge < -0.3 is 10.8 Å². The van der Waals surface area contributed by atoms with Gasteiger partial charge in [0.05, 0.1) is 11.8 Å². The number of aromatic nitrogens is 2. The lowest BCUT2D eigenvalue weighted by Gasteiger charge is -2.08. The molecular formula is C19H20N3O2+. The van der Waals surface area contributed by atoms with Gasteiger partial charge >= 0.3 is 5.97 Å². The molecule has 0 amide bonds. The molecule has 0 saturated carbocycles. The van der Waals surface area contributed by atoms with Crippen molar-refractivity contribution in [1.29, 1.82) is 0 Å². The van der Waals surface area contributed by atoms with E-state index in [1.54, 1.807) is 0 Å². The van der Waals surface area contributed by atoms with Gasteiger partial charge in [-0.1, -0.05) is 40.6 Å². The van der Waals surface area contributed by atoms with Crippen molar-refractivity contribution in [1.82, 2.24) is 5.10 Å². The third-order valence-corrected chi connectivity index (χ3v) is 4.03. The number of rotatable bonds is 5. The predicted molar refractivity (Wildman–Crippen MR) is 93.4 cm³/mol. The van der Waals surface area contributed by atoms with Gasteiger partial charge in [-0.05, 0) is 25.1 Å². The summed E-state index contributed by atoms with van der Waals surface area (Å²) in [4.78, 5) is 10.8. The van der Waals surface area contributed by atoms with Crippen LogP contribution in [-0.2, 0) is 11.3 Å². The van der Waals surface area contributed by atoms with Crippen molar-refractivity contribution in [3.05, 3.63) is 54.1 Å². The molecule has 5 heteroatoms. The second-order valence-corrected chi connectivity index (χ2v) is 5.87. The lowest BCUT2D eigenvalue weighted by Crippen LogP contribution is -2.41. The molecule has 122 valence electrons. The lowest BCUT2D eigenvalue weighted by molar-refractivity contribution is -0.741. The third-order valence-electron chi connectivity index (χ3n) is 4.03. The third kappa shape index (κ3) is 3.20. The van der Waals surface area contributed by atoms with E-state index in [2.05, 4.69) is 29.4 Å². The zero-order valence-corrected chi connectivity index (χ0v) is 13.6. The smallest absolute Gasteiger partial charge is 0.303 e. The summed E-state index contributed by atoms with van der Waals surface area (Å²) in [5.41, 5.74) is 9.30. The highest BCUT2D eigenvalue weighted by atomic mass is 16.4. The molecule has 3 N–H and O–H groups in total. The summed E-state index contributed by atoms with van der Waals surface area (Å²) in [6, 6.07) is 16.1. The van der Waals surface area contributed by atoms with Crippen LogP contribution in [0.15, 0.2) is 48.5 Å². The zero-order chi connectivity index (χ0) is 17.1. The van der Waals surface area contributed by atoms with Crippen LogP contribution in [0.1, 0.15) is 18.4 Å². The molecule has 2 aromatic carbocycles. The molecule has 0 saturated heterocycles. The molecule has 1 heterocycles. The fourth-order valence-corrected chi connectivity index (χ4v) is 2.84. The average molecular weight is 322 g/mol. The van der Waals surface area contributed by atoms with Crippen molar-refractivity contribution >= 4 is 22.6 Å². The van der Waals surface area contributed by atoms with Gasteiger partial charge in [0.2, 0.25) is 5.69 Å². The number of fused-ring (bicyclic) bond motifs is 1. The molecule has 5 nitrogen and oxygen atoms in total. The highest BCUT2D eigenvalue weighted by molar-refractivity contribution is 5.98. The van der Waals surface area contributed by atoms with Crippen LogP contribution in [0.4, 0.5) is 5.82 Å². The summed E-state index contributed by atoms with van der Waals surface area (Å²) in [7, 11) is 0. The minimum absolute atomic E-state index is 0.106. The topological polar surface area (TPSA) is 80.1 Å². The Balaban J connectivity index is 2.16. The van der Waals surface area contributed by atoms with Crippen molar-refractivity contribution in [2.75, 3.05) is 5.73 Å². The number of hydrogen-bond donors (Lipinski definition) is 2. The van der Waals surface area contributed by atoms with E-state index in [4.69, 9.17) is 10.8 Å². The van der Waals surface area contributed by atoms with E-state index in [9.17, 15) is 4.79 Å². The van der Waals surface area contributed by atoms with Gasteiger partial charge in [0.15, 0.2) is 12.4 Å². The number of aliphatic carboxylic acids is 1. The van der Waals surface area contributed by atoms with Gasteiger partial charge in [-0.15, -0.1) is 0 Å². The maximum Gasteiger partial charge on any atom is 0.303 e. The van der Waals surface area contributed by atoms with Gasteiger partial charge in [0, 0.05) is 22.5 Å². The summed E-state index contributed by atoms with van der Waals surface area (Å²) < 4.78 is 1.82. The maximum atomic E-state index is 10.8. The quantitative estimate of drug-likeness (QED) is 0.708. The van der Waals surface area contributed by atoms with Gasteiger partial charge in [-0.2, -0.15) is 0 Å². The first kappa shape index (κ1) is 15.9. The molecule has 0 bridgehead atoms. The standard InChI is InChI=1S/C19H19N3O2/c1-13-8-10-14(11-9-13)18-15-5-2-3-6-16(15)19(20)21-22(18)12-4-7-17(23)24/h2-3,5-6,8-11H,4,7,12H2,1H3,(H2-,20,21,23,24)/p+1. The van der Waals surface area contributed by atoms with E-state index < -0.39 is 5.97 Å². The van der Waals surface area contributed by atoms with Gasteiger partial charge in [-0.25, -0.2) is 0 Å². The molecule has 0 unspecified atom stereocenters. The first-order chi connectivity index (χ1) is 11.6. The number of carbonyl (C=O) groups is 1. The number of nitrogen functional groups attached to an aromatic ring is 1. The molecule has 3 aromatic rings. The molecule has 0 fully saturated rings. The van der Waals surface area contributed by atoms with Crippen LogP contribution in [0.5, 0.6) is 0 Å². The van der Waals surface area contributed by atoms with Crippen LogP contribution in [0.25, 0.3) is 22.0 Å². The van der Waals surface area contributed by atoms with Crippen LogP contribution in [0.2, 0.25) is 0 Å². The Morgan fingerprint density at radius 1 is 1.12 bits per heavy atom. The first-order valence-corrected chi connectivity index (χ1v) is 7.93. The number of hydrogen-bond acceptors (Lipinski definition) is 3. The van der Waals surface area contributed by atoms with E-state index in [0.717, 1.165) is 22.0 Å². The number of benzene rings is 2. The Kier molecular flexibility index (Phi) is 4.42. The van der Waals surface area contributed by atoms with Crippen molar-refractivity contribution in [3.63, 3.8) is 0 Å². The number of carboxylic acids is 1. The Bertz CT molecular complexity index is 889. The van der Waals surface area contributed by atoms with E-state index in [-0.39, 0.29) is 6.42 Å². The Labute approximate surface area is 140 Å². The Hall–Kier alpha value is -2.95. The van der Waals surface area contributed by atoms with Crippen LogP contribution in [-0.4, -0.2) is 16.2 Å². The summed E-state index contributed by atoms with van der Waals surface area (Å²) >= 11 is 0. The second kappa shape index (κ2) is 6.66. The van der Waals surface area contributed by atoms with Gasteiger partial charge in [-0.3, -0.25) is 4.79 Å². The van der Waals surface area contributed by atoms with Crippen molar-refractivity contribution < 1.29 is 14.6 Å². The van der Waals surface area contributed by atoms with Crippen LogP contribution < -0.4 is 10.4 Å². The normalized spacial score (nSPS) is 10.9. The maximum absolute atomic E-state index is 10.8. The van der Waals surface area contributed by atoms with Crippen molar-refractivity contribution in [2.24, 2.45) is 0 Å². The van der Waals surface area contributed by atoms with Crippen LogP contribution in [0, 0.1) is 6.92 Å². The second-order valence-electron chi connectivity index (χ2n) is 5.87. The SMILES string of the molecule is Cc1ccc(-c2c3ccccc3c(N)n[n+]2CCCC(=O)O)cc1. The van der Waals surface area contributed by atoms with Crippen molar-refractivity contribution in [2.45, 2.75) is 26.3 Å². The number of nitrogens with two attached hydrogens (primary N) is 1. The number of anilines is 1. The van der Waals surface area contributed by atoms with Crippen LogP contribution in [0.3, 0.4) is 0 Å². The molecular weight excluding hydrogens is 302 g/mol. The fourth-order valence-electron chi connectivity index (χ4n) is 2.84. The largest absolute Gasteiger partial charge is 0.481 e. The van der Waals surface area contributed by atoms with Crippen LogP contribution >= 0.6 is 0 Å². The summed E-state index contributed by atoms with van der Waals surface area (Å²) in [6.45, 7) is 2.55. The van der Waals surface area contributed by atoms with Gasteiger partial charge in [0.25, 0.3) is 0 Å². The summed E-state index contributed by atoms with van der Waals surface area (Å²) in [5.74, 6) is -0.349. The molecule has 0 aliphatic rings. The van der Waals surface area contributed by atoms with E-state index >= 15 is 0 Å². The summed E-state index contributed by atoms with van der Waals surface area (Å²) in [6.07, 6.45) is 0.610. The minimum Gasteiger partial charge on any atom is -0.481 e. The molecule has 24 heavy (non-hydrogen) atoms. The summed E-state index contributed by atoms with van der Waals surface area (Å²) in [5, 5.41) is 15.3. The number of aryl methyl sites for hydroxylation is 2. The monoisotopic (exact) mass is 322 g/mol. The van der Waals surface area contributed by atoms with E-state index in [1.807, 2.05) is 35.9 Å². The Morgan fingerprint density at radius 3 is 2.46 bits per heavy atom. The van der Waals surface area contributed by atoms with E-state index in [0.29, 0.717) is 18.8 Å². The molecule has 0 aliphatic carbocycles. The highest BCUT2D eigenvalue weighted by Crippen LogP contribution is 2.27. The molecule has 0 radical (unpaired) electrons. The molecule has 1 aromatic heterocycles. The average Bonchev–Trinajstić information content (AvgIpc) is 2.56. The minimum atomic E-state index is -0.804. The Morgan fingerprint density at radius 2 is 1.79 bits per heavy atom. The lowest BCUT2D eigenvalue weighted by atomic mass is 10.0. The van der Waals surface area contributed by atoms with Gasteiger partial charge in [0.1, 0.15) is 0 Å². The number of carboxylic acid groups (broad SMARTS) is 1. The predicted octanol–water partition coefficient (Wildman–Crippen LogP) is 2.94. The molecule has 0 atom stereocenters. The molecule has 0 spiro atoms. The highest BCUT2D eigenvalue weighted by Gasteiger charge is 2.21. The zero-order valence-electron chi connectivity index (χ0n) is 13.6. The molecule has 3 rings (SSSR count).